The molecule has 201 valence electrons. The van der Waals surface area contributed by atoms with Crippen LogP contribution in [-0.4, -0.2) is 14.2 Å². The summed E-state index contributed by atoms with van der Waals surface area (Å²) < 4.78 is 14.1. The minimum atomic E-state index is -2.73. The van der Waals surface area contributed by atoms with Crippen molar-refractivity contribution in [1.29, 1.82) is 0 Å². The van der Waals surface area contributed by atoms with Crippen molar-refractivity contribution >= 4 is 40.8 Å². The molecule has 0 unspecified atom stereocenters. The number of methoxy groups -OCH3 is 2. The summed E-state index contributed by atoms with van der Waals surface area (Å²) in [6.45, 7) is 2.03. The zero-order chi connectivity index (χ0) is 28.4. The van der Waals surface area contributed by atoms with E-state index in [2.05, 4.69) is 50.8 Å². The molecule has 8 heteroatoms. The summed E-state index contributed by atoms with van der Waals surface area (Å²) in [7, 11) is 5.33. The SMILES string of the molecule is COc1cc([S][Zn]([c]2ccc(/N=N/c3ccccc3)cc2)[c]2ccc(/N=N/c3ccccc3)cc2)c(OC)cc1C. The van der Waals surface area contributed by atoms with Crippen LogP contribution in [0.5, 0.6) is 11.5 Å². The van der Waals surface area contributed by atoms with E-state index in [0.717, 1.165) is 44.7 Å². The molecule has 5 aromatic rings. The summed E-state index contributed by atoms with van der Waals surface area (Å²) in [6.07, 6.45) is 0. The molecule has 41 heavy (non-hydrogen) atoms. The van der Waals surface area contributed by atoms with Gasteiger partial charge in [-0.05, 0) is 0 Å². The third-order valence-electron chi connectivity index (χ3n) is 6.67. The Labute approximate surface area is 248 Å². The first-order chi connectivity index (χ1) is 20.1. The van der Waals surface area contributed by atoms with Crippen LogP contribution in [0.4, 0.5) is 22.7 Å². The predicted octanol–water partition coefficient (Wildman–Crippen LogP) is 9.12. The summed E-state index contributed by atoms with van der Waals surface area (Å²) in [4.78, 5) is 1.08. The molecule has 0 amide bonds. The average molecular weight is 611 g/mol. The predicted molar refractivity (Wildman–Crippen MR) is 164 cm³/mol. The van der Waals surface area contributed by atoms with E-state index in [9.17, 15) is 0 Å². The van der Waals surface area contributed by atoms with Crippen LogP contribution in [0.25, 0.3) is 0 Å². The molecule has 0 aliphatic rings. The van der Waals surface area contributed by atoms with Gasteiger partial charge in [0.05, 0.1) is 0 Å². The van der Waals surface area contributed by atoms with Gasteiger partial charge < -0.3 is 0 Å². The number of azo groups is 2. The van der Waals surface area contributed by atoms with Crippen molar-refractivity contribution in [3.05, 3.63) is 127 Å². The Morgan fingerprint density at radius 2 is 0.927 bits per heavy atom. The monoisotopic (exact) mass is 609 g/mol. The van der Waals surface area contributed by atoms with Gasteiger partial charge in [-0.25, -0.2) is 0 Å². The van der Waals surface area contributed by atoms with Crippen molar-refractivity contribution in [3.8, 4) is 11.5 Å². The molecule has 0 N–H and O–H groups in total. The molecule has 0 atom stereocenters. The Bertz CT molecular complexity index is 1540. The summed E-state index contributed by atoms with van der Waals surface area (Å²) in [5.41, 5.74) is 4.33. The first kappa shape index (κ1) is 28.4. The Kier molecular flexibility index (Phi) is 9.68. The Balaban J connectivity index is 1.46. The molecule has 0 aliphatic carbocycles. The molecular weight excluding hydrogens is 582 g/mol. The van der Waals surface area contributed by atoms with E-state index < -0.39 is 14.7 Å². The van der Waals surface area contributed by atoms with Gasteiger partial charge in [0.1, 0.15) is 0 Å². The molecule has 0 aromatic heterocycles. The van der Waals surface area contributed by atoms with Crippen molar-refractivity contribution in [3.63, 3.8) is 0 Å². The number of aryl methyl sites for hydroxylation is 1. The van der Waals surface area contributed by atoms with E-state index in [0.29, 0.717) is 0 Å². The summed E-state index contributed by atoms with van der Waals surface area (Å²) in [6, 6.07) is 40.6. The average Bonchev–Trinajstić information content (AvgIpc) is 3.03. The van der Waals surface area contributed by atoms with Crippen LogP contribution in [0, 0.1) is 6.92 Å². The van der Waals surface area contributed by atoms with Gasteiger partial charge in [0.25, 0.3) is 0 Å². The topological polar surface area (TPSA) is 67.9 Å². The van der Waals surface area contributed by atoms with E-state index in [4.69, 9.17) is 9.47 Å². The van der Waals surface area contributed by atoms with Crippen molar-refractivity contribution in [2.45, 2.75) is 11.8 Å². The van der Waals surface area contributed by atoms with E-state index in [1.54, 1.807) is 14.2 Å². The second kappa shape index (κ2) is 14.0. The van der Waals surface area contributed by atoms with Crippen LogP contribution in [0.3, 0.4) is 0 Å². The number of hydrogen-bond acceptors (Lipinski definition) is 7. The third-order valence-corrected chi connectivity index (χ3v) is 19.9. The molecule has 5 rings (SSSR count). The summed E-state index contributed by atoms with van der Waals surface area (Å²) in [5.74, 6) is 1.71. The van der Waals surface area contributed by atoms with Gasteiger partial charge in [-0.1, -0.05) is 0 Å². The molecule has 0 fully saturated rings. The van der Waals surface area contributed by atoms with Gasteiger partial charge in [0.15, 0.2) is 0 Å². The fourth-order valence-electron chi connectivity index (χ4n) is 4.47. The van der Waals surface area contributed by atoms with Crippen LogP contribution in [0.1, 0.15) is 5.56 Å². The number of nitrogens with zero attached hydrogens (tertiary/aromatic N) is 4. The quantitative estimate of drug-likeness (QED) is 0.117. The van der Waals surface area contributed by atoms with Gasteiger partial charge >= 0.3 is 250 Å². The number of benzene rings is 5. The molecular formula is C33H29N4O2SZn. The molecule has 0 aliphatic heterocycles. The molecule has 0 heterocycles. The molecule has 0 radical (unpaired) electrons. The number of rotatable bonds is 10. The van der Waals surface area contributed by atoms with Gasteiger partial charge in [-0.15, -0.1) is 0 Å². The van der Waals surface area contributed by atoms with Crippen LogP contribution in [0.15, 0.2) is 147 Å². The van der Waals surface area contributed by atoms with Gasteiger partial charge in [-0.2, -0.15) is 0 Å². The fourth-order valence-corrected chi connectivity index (χ4v) is 16.8. The zero-order valence-electron chi connectivity index (χ0n) is 23.3. The van der Waals surface area contributed by atoms with Crippen molar-refractivity contribution in [2.24, 2.45) is 20.5 Å². The molecule has 5 aromatic carbocycles. The molecule has 0 bridgehead atoms. The Hall–Kier alpha value is -4.13. The summed E-state index contributed by atoms with van der Waals surface area (Å²) in [5, 5.41) is 17.6. The first-order valence-corrected chi connectivity index (χ1v) is 20.9. The standard InChI is InChI=1S/2C12H9N2.C9H12O2S.Zn/c2*1-3-7-11(8-4-1)13-14-12-9-5-2-6-10-12;1-6-4-8(11-3)9(12)5-7(6)10-2;/h2*1,3-10H;4-5,12H,1-3H3;/q;;;+1/p-1/b2*14-13+;;. The van der Waals surface area contributed by atoms with Gasteiger partial charge in [0.2, 0.25) is 0 Å². The van der Waals surface area contributed by atoms with E-state index in [-0.39, 0.29) is 0 Å². The van der Waals surface area contributed by atoms with Crippen molar-refractivity contribution in [1.82, 2.24) is 0 Å². The second-order valence-corrected chi connectivity index (χ2v) is 20.4. The van der Waals surface area contributed by atoms with Crippen LogP contribution in [0.2, 0.25) is 0 Å². The molecule has 0 saturated heterocycles. The zero-order valence-corrected chi connectivity index (χ0v) is 27.1. The Morgan fingerprint density at radius 1 is 0.512 bits per heavy atom. The Morgan fingerprint density at radius 3 is 1.34 bits per heavy atom. The normalized spacial score (nSPS) is 11.2. The van der Waals surface area contributed by atoms with Crippen LogP contribution < -0.4 is 17.8 Å². The number of hydrogen-bond donors (Lipinski definition) is 0. The van der Waals surface area contributed by atoms with Crippen LogP contribution >= 0.6 is 9.75 Å². The van der Waals surface area contributed by atoms with E-state index in [1.807, 2.05) is 108 Å². The van der Waals surface area contributed by atoms with Gasteiger partial charge in [-0.3, -0.25) is 0 Å². The second-order valence-electron chi connectivity index (χ2n) is 9.49. The maximum atomic E-state index is 5.79. The fraction of sp³-hybridized carbons (Fsp3) is 0.0909. The van der Waals surface area contributed by atoms with Crippen molar-refractivity contribution in [2.75, 3.05) is 14.2 Å². The van der Waals surface area contributed by atoms with Crippen LogP contribution in [-0.2, 0) is 14.7 Å². The summed E-state index contributed by atoms with van der Waals surface area (Å²) >= 11 is -2.73. The van der Waals surface area contributed by atoms with Crippen molar-refractivity contribution < 1.29 is 24.2 Å². The van der Waals surface area contributed by atoms with E-state index in [1.165, 1.54) is 8.32 Å². The number of ether oxygens (including phenoxy) is 2. The van der Waals surface area contributed by atoms with Gasteiger partial charge in [0, 0.05) is 0 Å². The molecule has 6 nitrogen and oxygen atoms in total. The minimum absolute atomic E-state index is 0.818. The van der Waals surface area contributed by atoms with E-state index >= 15 is 0 Å². The maximum absolute atomic E-state index is 5.79. The molecule has 0 saturated carbocycles. The first-order valence-electron chi connectivity index (χ1n) is 13.3. The third kappa shape index (κ3) is 7.54. The molecule has 0 spiro atoms.